The third-order valence-corrected chi connectivity index (χ3v) is 3.88. The van der Waals surface area contributed by atoms with E-state index in [0.29, 0.717) is 28.2 Å². The number of ether oxygens (including phenoxy) is 2. The van der Waals surface area contributed by atoms with Gasteiger partial charge in [0.2, 0.25) is 12.7 Å². The van der Waals surface area contributed by atoms with Crippen LogP contribution in [0, 0.1) is 0 Å². The van der Waals surface area contributed by atoms with E-state index in [1.54, 1.807) is 4.52 Å². The Balaban J connectivity index is 1.59. The number of hydrogen-bond donors (Lipinski definition) is 2. The van der Waals surface area contributed by atoms with Crippen LogP contribution in [-0.2, 0) is 0 Å². The first kappa shape index (κ1) is 12.6. The van der Waals surface area contributed by atoms with E-state index in [4.69, 9.17) is 21.1 Å². The van der Waals surface area contributed by atoms with E-state index in [2.05, 4.69) is 20.4 Å². The Morgan fingerprint density at radius 1 is 1.13 bits per heavy atom. The first-order chi connectivity index (χ1) is 11.3. The van der Waals surface area contributed by atoms with Gasteiger partial charge in [-0.2, -0.15) is 4.98 Å². The average Bonchev–Trinajstić information content (AvgIpc) is 3.19. The van der Waals surface area contributed by atoms with Gasteiger partial charge in [0.25, 0.3) is 5.78 Å². The second-order valence-electron chi connectivity index (χ2n) is 5.15. The van der Waals surface area contributed by atoms with E-state index >= 15 is 0 Å². The van der Waals surface area contributed by atoms with E-state index < -0.39 is 0 Å². The van der Waals surface area contributed by atoms with Gasteiger partial charge >= 0.3 is 0 Å². The number of imidazole rings is 1. The number of nitrogens with zero attached hydrogens (tertiary/aromatic N) is 3. The summed E-state index contributed by atoms with van der Waals surface area (Å²) in [6, 6.07) is 11.2. The minimum absolute atomic E-state index is 0.236. The molecule has 2 aromatic heterocycles. The second kappa shape index (κ2) is 4.53. The Morgan fingerprint density at radius 3 is 2.87 bits per heavy atom. The number of benzene rings is 2. The van der Waals surface area contributed by atoms with Crippen LogP contribution in [0.3, 0.4) is 0 Å². The van der Waals surface area contributed by atoms with Crippen LogP contribution in [0.4, 0.5) is 11.6 Å². The monoisotopic (exact) mass is 327 g/mol. The summed E-state index contributed by atoms with van der Waals surface area (Å²) < 4.78 is 12.6. The minimum atomic E-state index is 0.236. The summed E-state index contributed by atoms with van der Waals surface area (Å²) in [5, 5.41) is 7.00. The Hall–Kier alpha value is -2.93. The molecule has 0 saturated carbocycles. The van der Waals surface area contributed by atoms with Crippen LogP contribution in [0.1, 0.15) is 0 Å². The molecule has 0 radical (unpaired) electrons. The Morgan fingerprint density at radius 2 is 2.00 bits per heavy atom. The number of aromatic nitrogens is 4. The summed E-state index contributed by atoms with van der Waals surface area (Å²) in [5.74, 6) is 2.55. The number of anilines is 2. The Bertz CT molecular complexity index is 1050. The smallest absolute Gasteiger partial charge is 0.253 e. The molecule has 0 amide bonds. The van der Waals surface area contributed by atoms with E-state index in [9.17, 15) is 0 Å². The van der Waals surface area contributed by atoms with Gasteiger partial charge in [-0.15, -0.1) is 0 Å². The summed E-state index contributed by atoms with van der Waals surface area (Å²) in [4.78, 5) is 8.93. The zero-order chi connectivity index (χ0) is 15.4. The SMILES string of the molecule is Clc1cccc(Nc2nc3nc4cc5c(cc4n3[nH]2)OCO5)c1. The lowest BCUT2D eigenvalue weighted by Gasteiger charge is -2.02. The van der Waals surface area contributed by atoms with Gasteiger partial charge < -0.3 is 14.8 Å². The molecule has 0 aliphatic carbocycles. The third kappa shape index (κ3) is 1.97. The molecule has 3 heterocycles. The van der Waals surface area contributed by atoms with Gasteiger partial charge in [0.05, 0.1) is 11.0 Å². The average molecular weight is 328 g/mol. The van der Waals surface area contributed by atoms with Gasteiger partial charge in [0.15, 0.2) is 11.5 Å². The predicted molar refractivity (Wildman–Crippen MR) is 85.7 cm³/mol. The lowest BCUT2D eigenvalue weighted by molar-refractivity contribution is 0.174. The number of hydrogen-bond acceptors (Lipinski definition) is 5. The number of rotatable bonds is 2. The first-order valence-electron chi connectivity index (χ1n) is 6.97. The quantitative estimate of drug-likeness (QED) is 0.590. The van der Waals surface area contributed by atoms with Crippen LogP contribution in [0.15, 0.2) is 36.4 Å². The van der Waals surface area contributed by atoms with Crippen LogP contribution in [0.5, 0.6) is 11.5 Å². The van der Waals surface area contributed by atoms with Crippen LogP contribution in [-0.4, -0.2) is 26.4 Å². The first-order valence-corrected chi connectivity index (χ1v) is 7.34. The van der Waals surface area contributed by atoms with E-state index in [1.807, 2.05) is 36.4 Å². The molecule has 114 valence electrons. The van der Waals surface area contributed by atoms with Crippen molar-refractivity contribution in [2.24, 2.45) is 0 Å². The van der Waals surface area contributed by atoms with Crippen molar-refractivity contribution in [3.05, 3.63) is 41.4 Å². The molecule has 8 heteroatoms. The third-order valence-electron chi connectivity index (χ3n) is 3.65. The molecule has 23 heavy (non-hydrogen) atoms. The molecule has 0 spiro atoms. The molecular formula is C15H10ClN5O2. The largest absolute Gasteiger partial charge is 0.454 e. The molecule has 0 unspecified atom stereocenters. The van der Waals surface area contributed by atoms with Crippen molar-refractivity contribution in [2.45, 2.75) is 0 Å². The highest BCUT2D eigenvalue weighted by Gasteiger charge is 2.18. The molecule has 7 nitrogen and oxygen atoms in total. The van der Waals surface area contributed by atoms with Crippen molar-refractivity contribution < 1.29 is 9.47 Å². The molecular weight excluding hydrogens is 318 g/mol. The number of halogens is 1. The van der Waals surface area contributed by atoms with Crippen molar-refractivity contribution in [3.63, 3.8) is 0 Å². The highest BCUT2D eigenvalue weighted by molar-refractivity contribution is 6.30. The van der Waals surface area contributed by atoms with Gasteiger partial charge in [0.1, 0.15) is 0 Å². The molecule has 4 aromatic rings. The van der Waals surface area contributed by atoms with E-state index in [0.717, 1.165) is 16.7 Å². The maximum absolute atomic E-state index is 5.99. The molecule has 1 aliphatic heterocycles. The van der Waals surface area contributed by atoms with Crippen LogP contribution in [0.2, 0.25) is 5.02 Å². The molecule has 2 aromatic carbocycles. The maximum Gasteiger partial charge on any atom is 0.253 e. The van der Waals surface area contributed by atoms with Gasteiger partial charge in [-0.3, -0.25) is 5.10 Å². The number of aromatic amines is 1. The normalized spacial score (nSPS) is 13.1. The van der Waals surface area contributed by atoms with Crippen molar-refractivity contribution >= 4 is 40.0 Å². The van der Waals surface area contributed by atoms with Crippen molar-refractivity contribution in [2.75, 3.05) is 12.1 Å². The summed E-state index contributed by atoms with van der Waals surface area (Å²) in [6.45, 7) is 0.236. The lowest BCUT2D eigenvalue weighted by atomic mass is 10.3. The lowest BCUT2D eigenvalue weighted by Crippen LogP contribution is -1.93. The number of nitrogens with one attached hydrogen (secondary N) is 2. The van der Waals surface area contributed by atoms with E-state index in [1.165, 1.54) is 0 Å². The fourth-order valence-electron chi connectivity index (χ4n) is 2.63. The van der Waals surface area contributed by atoms with Crippen LogP contribution >= 0.6 is 11.6 Å². The second-order valence-corrected chi connectivity index (χ2v) is 5.59. The van der Waals surface area contributed by atoms with Gasteiger partial charge in [-0.25, -0.2) is 9.50 Å². The van der Waals surface area contributed by atoms with Crippen molar-refractivity contribution in [1.82, 2.24) is 19.6 Å². The zero-order valence-electron chi connectivity index (χ0n) is 11.7. The molecule has 2 N–H and O–H groups in total. The molecule has 0 bridgehead atoms. The summed E-state index contributed by atoms with van der Waals surface area (Å²) >= 11 is 5.99. The summed E-state index contributed by atoms with van der Waals surface area (Å²) in [6.07, 6.45) is 0. The van der Waals surface area contributed by atoms with Crippen molar-refractivity contribution in [3.8, 4) is 11.5 Å². The molecule has 0 saturated heterocycles. The fourth-order valence-corrected chi connectivity index (χ4v) is 2.82. The van der Waals surface area contributed by atoms with Crippen LogP contribution in [0.25, 0.3) is 16.8 Å². The number of H-pyrrole nitrogens is 1. The van der Waals surface area contributed by atoms with E-state index in [-0.39, 0.29) is 6.79 Å². The standard InChI is InChI=1S/C15H10ClN5O2/c16-8-2-1-3-9(4-8)17-14-19-15-18-10-5-12-13(23-7-22-12)6-11(10)21(15)20-14/h1-6H,7H2,(H2,17,18,19,20). The highest BCUT2D eigenvalue weighted by Crippen LogP contribution is 2.36. The predicted octanol–water partition coefficient (Wildman–Crippen LogP) is 3.34. The zero-order valence-corrected chi connectivity index (χ0v) is 12.5. The van der Waals surface area contributed by atoms with Gasteiger partial charge in [-0.1, -0.05) is 17.7 Å². The summed E-state index contributed by atoms with van der Waals surface area (Å²) in [5.41, 5.74) is 2.51. The fraction of sp³-hybridized carbons (Fsp3) is 0.0667. The van der Waals surface area contributed by atoms with Gasteiger partial charge in [-0.05, 0) is 18.2 Å². The van der Waals surface area contributed by atoms with Crippen LogP contribution < -0.4 is 14.8 Å². The maximum atomic E-state index is 5.99. The highest BCUT2D eigenvalue weighted by atomic mass is 35.5. The number of fused-ring (bicyclic) bond motifs is 4. The Labute approximate surface area is 134 Å². The minimum Gasteiger partial charge on any atom is -0.454 e. The summed E-state index contributed by atoms with van der Waals surface area (Å²) in [7, 11) is 0. The van der Waals surface area contributed by atoms with Gasteiger partial charge in [0, 0.05) is 22.8 Å². The topological polar surface area (TPSA) is 76.5 Å². The molecule has 0 atom stereocenters. The van der Waals surface area contributed by atoms with Crippen molar-refractivity contribution in [1.29, 1.82) is 0 Å². The molecule has 0 fully saturated rings. The molecule has 1 aliphatic rings. The molecule has 5 rings (SSSR count). The Kier molecular flexibility index (Phi) is 2.48.